The maximum absolute atomic E-state index is 10.2. The summed E-state index contributed by atoms with van der Waals surface area (Å²) in [4.78, 5) is 59.9. The minimum Gasteiger partial charge on any atom is -0.549 e. The predicted octanol–water partition coefficient (Wildman–Crippen LogP) is -3.12. The van der Waals surface area contributed by atoms with Crippen LogP contribution in [0.5, 0.6) is 0 Å². The first-order chi connectivity index (χ1) is 10.7. The zero-order chi connectivity index (χ0) is 20.2. The van der Waals surface area contributed by atoms with E-state index in [0.717, 1.165) is 0 Å². The summed E-state index contributed by atoms with van der Waals surface area (Å²) in [6.45, 7) is 7.58. The molecule has 1 radical (unpaired) electrons. The smallest absolute Gasteiger partial charge is 0.549 e. The third-order valence-electron chi connectivity index (χ3n) is 2.89. The molecule has 0 amide bonds. The van der Waals surface area contributed by atoms with Crippen LogP contribution in [0.1, 0.15) is 41.5 Å². The van der Waals surface area contributed by atoms with E-state index in [0.29, 0.717) is 0 Å². The molecule has 0 saturated carbocycles. The molecule has 9 nitrogen and oxygen atoms in total. The topological polar surface area (TPSA) is 172 Å². The fourth-order valence-electron chi connectivity index (χ4n) is 0.498. The van der Waals surface area contributed by atoms with Gasteiger partial charge in [0, 0.05) is 0 Å². The van der Waals surface area contributed by atoms with Crippen molar-refractivity contribution in [3.8, 4) is 0 Å². The van der Waals surface area contributed by atoms with Gasteiger partial charge in [-0.2, -0.15) is 0 Å². The van der Waals surface area contributed by atoms with Crippen molar-refractivity contribution in [2.45, 2.75) is 41.5 Å². The molecular formula is C15H21O9Sm. The Morgan fingerprint density at radius 2 is 0.640 bits per heavy atom. The summed E-state index contributed by atoms with van der Waals surface area (Å²) in [5.41, 5.74) is 0. The molecule has 0 fully saturated rings. The van der Waals surface area contributed by atoms with Crippen LogP contribution in [0.15, 0.2) is 0 Å². The van der Waals surface area contributed by atoms with Crippen LogP contribution in [0, 0.1) is 58.1 Å². The van der Waals surface area contributed by atoms with E-state index in [4.69, 9.17) is 0 Å². The Balaban J connectivity index is -0.000000130. The predicted molar refractivity (Wildman–Crippen MR) is 74.6 cm³/mol. The van der Waals surface area contributed by atoms with Crippen LogP contribution in [-0.2, 0) is 28.8 Å². The van der Waals surface area contributed by atoms with Gasteiger partial charge in [0.25, 0.3) is 0 Å². The van der Waals surface area contributed by atoms with Crippen LogP contribution in [-0.4, -0.2) is 35.3 Å². The standard InChI is InChI=1S/3C5H8O3.Sm/c3*1-3(4(2)6)5(7)8;/h3*3H,1-2H3,(H,7,8);/q;;;+3/p-3. The molecule has 0 aromatic rings. The van der Waals surface area contributed by atoms with Crippen LogP contribution in [0.2, 0.25) is 0 Å². The molecule has 0 aromatic carbocycles. The summed E-state index contributed by atoms with van der Waals surface area (Å²) >= 11 is 0. The Kier molecular flexibility index (Phi) is 20.5. The van der Waals surface area contributed by atoms with Crippen molar-refractivity contribution in [1.29, 1.82) is 0 Å². The first-order valence-corrected chi connectivity index (χ1v) is 6.80. The van der Waals surface area contributed by atoms with E-state index in [2.05, 4.69) is 0 Å². The number of aliphatic carboxylic acids is 3. The Bertz CT molecular complexity index is 386. The van der Waals surface area contributed by atoms with Gasteiger partial charge in [0.2, 0.25) is 0 Å². The van der Waals surface area contributed by atoms with Crippen LogP contribution >= 0.6 is 0 Å². The van der Waals surface area contributed by atoms with Crippen LogP contribution in [0.25, 0.3) is 0 Å². The third kappa shape index (κ3) is 18.9. The van der Waals surface area contributed by atoms with Crippen molar-refractivity contribution >= 4 is 35.3 Å². The first-order valence-electron chi connectivity index (χ1n) is 6.80. The van der Waals surface area contributed by atoms with Crippen molar-refractivity contribution < 1.29 is 84.5 Å². The number of ketones is 3. The third-order valence-corrected chi connectivity index (χ3v) is 2.89. The van der Waals surface area contributed by atoms with Crippen LogP contribution in [0.3, 0.4) is 0 Å². The Hall–Kier alpha value is -1.24. The molecule has 3 atom stereocenters. The average Bonchev–Trinajstić information content (AvgIpc) is 2.45. The molecule has 0 aliphatic carbocycles. The van der Waals surface area contributed by atoms with Crippen molar-refractivity contribution in [2.24, 2.45) is 17.8 Å². The molecule has 25 heavy (non-hydrogen) atoms. The first kappa shape index (κ1) is 31.5. The zero-order valence-corrected chi connectivity index (χ0v) is 17.4. The summed E-state index contributed by atoms with van der Waals surface area (Å²) in [6, 6.07) is 0. The van der Waals surface area contributed by atoms with Crippen LogP contribution in [0.4, 0.5) is 0 Å². The van der Waals surface area contributed by atoms with Gasteiger partial charge in [0.1, 0.15) is 17.3 Å². The molecule has 141 valence electrons. The van der Waals surface area contributed by atoms with E-state index < -0.39 is 35.7 Å². The normalized spacial score (nSPS) is 12.2. The summed E-state index contributed by atoms with van der Waals surface area (Å²) in [7, 11) is 0. The molecule has 0 bridgehead atoms. The second-order valence-electron chi connectivity index (χ2n) is 4.95. The van der Waals surface area contributed by atoms with Gasteiger partial charge in [0.05, 0.1) is 35.7 Å². The van der Waals surface area contributed by atoms with Gasteiger partial charge in [-0.3, -0.25) is 14.4 Å². The van der Waals surface area contributed by atoms with E-state index in [1.54, 1.807) is 0 Å². The molecule has 0 aromatic heterocycles. The molecule has 0 aliphatic heterocycles. The maximum Gasteiger partial charge on any atom is 3.00 e. The number of hydrogen-bond acceptors (Lipinski definition) is 9. The number of carboxylic acids is 3. The second-order valence-corrected chi connectivity index (χ2v) is 4.95. The van der Waals surface area contributed by atoms with Gasteiger partial charge in [-0.05, 0) is 20.8 Å². The fourth-order valence-corrected chi connectivity index (χ4v) is 0.498. The summed E-state index contributed by atoms with van der Waals surface area (Å²) in [6.07, 6.45) is 0. The Labute approximate surface area is 178 Å². The van der Waals surface area contributed by atoms with E-state index in [1.807, 2.05) is 0 Å². The number of carbonyl (C=O) groups excluding carboxylic acids is 6. The van der Waals surface area contributed by atoms with E-state index in [-0.39, 0.29) is 57.7 Å². The molecule has 0 saturated heterocycles. The number of carbonyl (C=O) groups is 6. The Morgan fingerprint density at radius 3 is 0.640 bits per heavy atom. The van der Waals surface area contributed by atoms with Crippen LogP contribution < -0.4 is 15.3 Å². The van der Waals surface area contributed by atoms with Gasteiger partial charge >= 0.3 is 40.4 Å². The van der Waals surface area contributed by atoms with Crippen molar-refractivity contribution in [3.63, 3.8) is 0 Å². The number of rotatable bonds is 6. The quantitative estimate of drug-likeness (QED) is 0.346. The fraction of sp³-hybridized carbons (Fsp3) is 0.600. The maximum atomic E-state index is 10.2. The molecule has 0 N–H and O–H groups in total. The number of hydrogen-bond donors (Lipinski definition) is 0. The van der Waals surface area contributed by atoms with Gasteiger partial charge in [-0.15, -0.1) is 0 Å². The minimum atomic E-state index is -1.31. The second kappa shape index (κ2) is 16.2. The molecule has 0 rings (SSSR count). The molecule has 0 spiro atoms. The molecule has 0 aliphatic rings. The molecule has 10 heteroatoms. The number of carboxylic acid groups (broad SMARTS) is 3. The average molecular weight is 496 g/mol. The summed E-state index contributed by atoms with van der Waals surface area (Å²) in [5, 5.41) is 29.4. The van der Waals surface area contributed by atoms with E-state index in [1.165, 1.54) is 41.5 Å². The number of Topliss-reactive ketones (excluding diaryl/α,β-unsaturated/α-hetero) is 3. The summed E-state index contributed by atoms with van der Waals surface area (Å²) < 4.78 is 0. The molecule has 0 heterocycles. The van der Waals surface area contributed by atoms with Crippen molar-refractivity contribution in [2.75, 3.05) is 0 Å². The Morgan fingerprint density at radius 1 is 0.520 bits per heavy atom. The molecule has 3 unspecified atom stereocenters. The van der Waals surface area contributed by atoms with Gasteiger partial charge in [-0.1, -0.05) is 20.8 Å². The SMILES string of the molecule is CC(=O)C(C)C(=O)[O-].CC(=O)C(C)C(=O)[O-].CC(=O)C(C)C(=O)[O-].[Sm+3]. The zero-order valence-electron chi connectivity index (χ0n) is 14.8. The largest absolute Gasteiger partial charge is 3.00 e. The summed E-state index contributed by atoms with van der Waals surface area (Å²) in [5.74, 6) is -7.92. The van der Waals surface area contributed by atoms with Gasteiger partial charge in [0.15, 0.2) is 0 Å². The minimum absolute atomic E-state index is 0. The monoisotopic (exact) mass is 497 g/mol. The van der Waals surface area contributed by atoms with Crippen molar-refractivity contribution in [3.05, 3.63) is 0 Å². The van der Waals surface area contributed by atoms with Gasteiger partial charge in [-0.25, -0.2) is 0 Å². The molecular weight excluding hydrogens is 475 g/mol. The van der Waals surface area contributed by atoms with Gasteiger partial charge < -0.3 is 29.7 Å². The van der Waals surface area contributed by atoms with E-state index in [9.17, 15) is 44.1 Å². The van der Waals surface area contributed by atoms with Crippen molar-refractivity contribution in [1.82, 2.24) is 0 Å². The van der Waals surface area contributed by atoms with E-state index >= 15 is 0 Å².